The molecule has 0 spiro atoms. The van der Waals surface area contributed by atoms with Crippen LogP contribution in [-0.2, 0) is 14.6 Å². The monoisotopic (exact) mass is 559 g/mol. The molecule has 3 aliphatic rings. The summed E-state index contributed by atoms with van der Waals surface area (Å²) >= 11 is 0. The Labute approximate surface area is 234 Å². The minimum absolute atomic E-state index is 0.0604. The second kappa shape index (κ2) is 10.3. The maximum atomic E-state index is 13.5. The Balaban J connectivity index is 1.35. The van der Waals surface area contributed by atoms with Crippen molar-refractivity contribution in [2.45, 2.75) is 56.9 Å². The van der Waals surface area contributed by atoms with Gasteiger partial charge in [0.2, 0.25) is 5.91 Å². The summed E-state index contributed by atoms with van der Waals surface area (Å²) in [6.45, 7) is 2.86. The zero-order valence-corrected chi connectivity index (χ0v) is 23.4. The fourth-order valence-electron chi connectivity index (χ4n) is 5.83. The van der Waals surface area contributed by atoms with Crippen molar-refractivity contribution in [1.29, 1.82) is 5.26 Å². The number of sulfone groups is 1. The van der Waals surface area contributed by atoms with E-state index in [-0.39, 0.29) is 29.2 Å². The van der Waals surface area contributed by atoms with Crippen LogP contribution in [0, 0.1) is 24.2 Å². The van der Waals surface area contributed by atoms with Gasteiger partial charge in [-0.15, -0.1) is 5.10 Å². The Morgan fingerprint density at radius 2 is 1.77 bits per heavy atom. The highest BCUT2D eigenvalue weighted by Crippen LogP contribution is 2.43. The van der Waals surface area contributed by atoms with Crippen LogP contribution >= 0.6 is 0 Å². The number of carbonyl (C=O) groups excluding carboxylic acids is 1. The molecule has 0 bridgehead atoms. The van der Waals surface area contributed by atoms with E-state index in [1.54, 1.807) is 4.68 Å². The van der Waals surface area contributed by atoms with E-state index < -0.39 is 15.4 Å². The molecule has 2 unspecified atom stereocenters. The SMILES string of the molecule is Cc1ccc(-n2cc(-c3ccc(N4CCS(=O)(=O)CC4)cc3)c(C3CCCCC3C(=O)NC3(C#N)CC3)n2)nn1. The molecule has 208 valence electrons. The summed E-state index contributed by atoms with van der Waals surface area (Å²) in [6.07, 6.45) is 6.92. The van der Waals surface area contributed by atoms with E-state index >= 15 is 0 Å². The average molecular weight is 560 g/mol. The second-order valence-corrected chi connectivity index (χ2v) is 13.6. The lowest BCUT2D eigenvalue weighted by molar-refractivity contribution is -0.127. The van der Waals surface area contributed by atoms with Crippen molar-refractivity contribution in [3.63, 3.8) is 0 Å². The van der Waals surface area contributed by atoms with Crippen LogP contribution in [0.4, 0.5) is 5.69 Å². The molecule has 2 atom stereocenters. The fourth-order valence-corrected chi connectivity index (χ4v) is 7.03. The normalized spacial score (nSPS) is 23.2. The van der Waals surface area contributed by atoms with Crippen LogP contribution in [0.3, 0.4) is 0 Å². The van der Waals surface area contributed by atoms with Crippen molar-refractivity contribution in [3.8, 4) is 23.0 Å². The van der Waals surface area contributed by atoms with Crippen molar-refractivity contribution < 1.29 is 13.2 Å². The van der Waals surface area contributed by atoms with E-state index in [1.807, 2.05) is 49.5 Å². The van der Waals surface area contributed by atoms with Crippen LogP contribution < -0.4 is 10.2 Å². The summed E-state index contributed by atoms with van der Waals surface area (Å²) in [5.41, 5.74) is 3.84. The summed E-state index contributed by atoms with van der Waals surface area (Å²) in [5, 5.41) is 26.1. The highest BCUT2D eigenvalue weighted by molar-refractivity contribution is 7.91. The molecule has 1 aliphatic heterocycles. The van der Waals surface area contributed by atoms with Gasteiger partial charge in [0.15, 0.2) is 15.7 Å². The van der Waals surface area contributed by atoms with Gasteiger partial charge in [-0.3, -0.25) is 4.79 Å². The molecule has 3 aromatic rings. The van der Waals surface area contributed by atoms with Gasteiger partial charge >= 0.3 is 0 Å². The van der Waals surface area contributed by atoms with Crippen molar-refractivity contribution in [2.24, 2.45) is 5.92 Å². The van der Waals surface area contributed by atoms with Gasteiger partial charge in [-0.05, 0) is 62.4 Å². The number of aromatic nitrogens is 4. The Hall–Kier alpha value is -3.78. The Bertz CT molecular complexity index is 1540. The first-order chi connectivity index (χ1) is 19.3. The number of rotatable bonds is 6. The molecule has 11 heteroatoms. The number of anilines is 1. The zero-order chi connectivity index (χ0) is 27.9. The van der Waals surface area contributed by atoms with Gasteiger partial charge in [0.1, 0.15) is 5.54 Å². The Morgan fingerprint density at radius 1 is 1.05 bits per heavy atom. The van der Waals surface area contributed by atoms with Crippen LogP contribution in [-0.4, -0.2) is 64.4 Å². The van der Waals surface area contributed by atoms with Crippen LogP contribution in [0.5, 0.6) is 0 Å². The molecule has 3 fully saturated rings. The van der Waals surface area contributed by atoms with E-state index in [0.29, 0.717) is 31.7 Å². The third-order valence-electron chi connectivity index (χ3n) is 8.43. The van der Waals surface area contributed by atoms with E-state index in [4.69, 9.17) is 5.10 Å². The molecule has 1 saturated heterocycles. The third-order valence-corrected chi connectivity index (χ3v) is 10.0. The molecule has 2 saturated carbocycles. The van der Waals surface area contributed by atoms with Crippen molar-refractivity contribution >= 4 is 21.4 Å². The van der Waals surface area contributed by atoms with Gasteiger partial charge in [-0.1, -0.05) is 25.0 Å². The largest absolute Gasteiger partial charge is 0.369 e. The maximum Gasteiger partial charge on any atom is 0.225 e. The molecule has 10 nitrogen and oxygen atoms in total. The number of carbonyl (C=O) groups is 1. The van der Waals surface area contributed by atoms with Gasteiger partial charge in [-0.25, -0.2) is 13.1 Å². The summed E-state index contributed by atoms with van der Waals surface area (Å²) in [6, 6.07) is 14.2. The quantitative estimate of drug-likeness (QED) is 0.486. The zero-order valence-electron chi connectivity index (χ0n) is 22.6. The average Bonchev–Trinajstić information content (AvgIpc) is 3.60. The third kappa shape index (κ3) is 5.32. The number of benzene rings is 1. The number of nitrogens with zero attached hydrogens (tertiary/aromatic N) is 6. The van der Waals surface area contributed by atoms with Crippen molar-refractivity contribution in [1.82, 2.24) is 25.3 Å². The maximum absolute atomic E-state index is 13.5. The van der Waals surface area contributed by atoms with Crippen LogP contribution in [0.15, 0.2) is 42.6 Å². The molecule has 3 heterocycles. The standard InChI is InChI=1S/C29H33N7O3S/c1-20-6-11-26(33-32-20)36-18-25(21-7-9-22(10-8-21)35-14-16-40(38,39)17-15-35)27(34-36)23-4-2-3-5-24(23)28(37)31-29(19-30)12-13-29/h6-11,18,23-24H,2-5,12-17H2,1H3,(H,31,37). The molecule has 2 aromatic heterocycles. The van der Waals surface area contributed by atoms with Crippen LogP contribution in [0.1, 0.15) is 55.8 Å². The summed E-state index contributed by atoms with van der Waals surface area (Å²) < 4.78 is 25.5. The summed E-state index contributed by atoms with van der Waals surface area (Å²) in [4.78, 5) is 15.6. The van der Waals surface area contributed by atoms with Gasteiger partial charge < -0.3 is 10.2 Å². The minimum Gasteiger partial charge on any atom is -0.369 e. The molecular weight excluding hydrogens is 526 g/mol. The predicted octanol–water partition coefficient (Wildman–Crippen LogP) is 3.32. The highest BCUT2D eigenvalue weighted by atomic mass is 32.2. The number of aryl methyl sites for hydroxylation is 1. The predicted molar refractivity (Wildman–Crippen MR) is 151 cm³/mol. The molecule has 6 rings (SSSR count). The summed E-state index contributed by atoms with van der Waals surface area (Å²) in [7, 11) is -2.96. The molecule has 1 amide bonds. The van der Waals surface area contributed by atoms with E-state index in [2.05, 4.69) is 26.5 Å². The van der Waals surface area contributed by atoms with E-state index in [0.717, 1.165) is 53.9 Å². The lowest BCUT2D eigenvalue weighted by Crippen LogP contribution is -2.42. The fraction of sp³-hybridized carbons (Fsp3) is 0.483. The molecule has 2 aliphatic carbocycles. The highest BCUT2D eigenvalue weighted by Gasteiger charge is 2.47. The number of amides is 1. The van der Waals surface area contributed by atoms with Gasteiger partial charge in [-0.2, -0.15) is 15.5 Å². The lowest BCUT2D eigenvalue weighted by atomic mass is 9.75. The smallest absolute Gasteiger partial charge is 0.225 e. The topological polar surface area (TPSA) is 134 Å². The van der Waals surface area contributed by atoms with Gasteiger partial charge in [0, 0.05) is 42.4 Å². The molecular formula is C29H33N7O3S. The van der Waals surface area contributed by atoms with Crippen molar-refractivity contribution in [2.75, 3.05) is 29.5 Å². The molecule has 0 radical (unpaired) electrons. The van der Waals surface area contributed by atoms with Crippen molar-refractivity contribution in [3.05, 3.63) is 54.0 Å². The Morgan fingerprint density at radius 3 is 2.42 bits per heavy atom. The Kier molecular flexibility index (Phi) is 6.82. The van der Waals surface area contributed by atoms with E-state index in [1.165, 1.54) is 0 Å². The number of hydrogen-bond donors (Lipinski definition) is 1. The molecule has 1 aromatic carbocycles. The summed E-state index contributed by atoms with van der Waals surface area (Å²) in [5.74, 6) is 0.519. The van der Waals surface area contributed by atoms with Crippen LogP contribution in [0.25, 0.3) is 16.9 Å². The van der Waals surface area contributed by atoms with Gasteiger partial charge in [0.05, 0.1) is 29.0 Å². The first kappa shape index (κ1) is 26.4. The van der Waals surface area contributed by atoms with Gasteiger partial charge in [0.25, 0.3) is 0 Å². The lowest BCUT2D eigenvalue weighted by Gasteiger charge is -2.31. The number of nitrogens with one attached hydrogen (secondary N) is 1. The molecule has 40 heavy (non-hydrogen) atoms. The first-order valence-electron chi connectivity index (χ1n) is 14.0. The second-order valence-electron chi connectivity index (χ2n) is 11.3. The minimum atomic E-state index is -2.96. The molecule has 1 N–H and O–H groups in total. The van der Waals surface area contributed by atoms with Crippen LogP contribution in [0.2, 0.25) is 0 Å². The number of hydrogen-bond acceptors (Lipinski definition) is 8. The van der Waals surface area contributed by atoms with E-state index in [9.17, 15) is 18.5 Å². The number of nitriles is 1. The first-order valence-corrected chi connectivity index (χ1v) is 15.8.